The van der Waals surface area contributed by atoms with Crippen molar-refractivity contribution in [1.29, 1.82) is 0 Å². The van der Waals surface area contributed by atoms with E-state index < -0.39 is 23.7 Å². The number of amides is 2. The Morgan fingerprint density at radius 3 is 2.40 bits per heavy atom. The number of rotatable bonds is 15. The van der Waals surface area contributed by atoms with E-state index in [9.17, 15) is 19.5 Å². The zero-order valence-electron chi connectivity index (χ0n) is 21.4. The maximum Gasteiger partial charge on any atom is 0.408 e. The molecule has 35 heavy (non-hydrogen) atoms. The number of unbranched alkanes of at least 4 members (excludes halogenated alkanes) is 1. The van der Waals surface area contributed by atoms with Gasteiger partial charge in [-0.3, -0.25) is 4.79 Å². The third-order valence-electron chi connectivity index (χ3n) is 4.82. The molecular weight excluding hydrogens is 474 g/mol. The minimum absolute atomic E-state index is 0.0650. The van der Waals surface area contributed by atoms with Crippen molar-refractivity contribution in [3.8, 4) is 11.5 Å². The van der Waals surface area contributed by atoms with E-state index in [4.69, 9.17) is 14.2 Å². The molecule has 0 aliphatic rings. The van der Waals surface area contributed by atoms with Crippen LogP contribution < -0.4 is 25.4 Å². The van der Waals surface area contributed by atoms with Gasteiger partial charge in [-0.2, -0.15) is 0 Å². The van der Waals surface area contributed by atoms with E-state index in [2.05, 4.69) is 16.0 Å². The number of carboxylic acid groups (broad SMARTS) is 1. The second-order valence-electron chi connectivity index (χ2n) is 8.90. The summed E-state index contributed by atoms with van der Waals surface area (Å²) in [6.07, 6.45) is 0.825. The highest BCUT2D eigenvalue weighted by atomic mass is 32.2. The second-order valence-corrected chi connectivity index (χ2v) is 9.93. The number of benzene rings is 1. The topological polar surface area (TPSA) is 135 Å². The maximum atomic E-state index is 11.9. The first-order valence-corrected chi connectivity index (χ1v) is 12.6. The Kier molecular flexibility index (Phi) is 13.3. The molecule has 2 atom stereocenters. The molecule has 0 spiro atoms. The molecule has 1 unspecified atom stereocenters. The number of aliphatic carboxylic acids is 1. The summed E-state index contributed by atoms with van der Waals surface area (Å²) in [7, 11) is 3.19. The van der Waals surface area contributed by atoms with Crippen molar-refractivity contribution in [2.45, 2.75) is 64.6 Å². The fraction of sp³-hybridized carbons (Fsp3) is 0.625. The summed E-state index contributed by atoms with van der Waals surface area (Å²) >= 11 is 1.58. The molecule has 0 aliphatic carbocycles. The SMILES string of the molecule is COc1ccc(C(CSCNC(C)=O)NCCCC[C@H](NC(=O)OC(C)(C)C)C(=O)O)c(OC)c1. The van der Waals surface area contributed by atoms with Gasteiger partial charge in [0, 0.05) is 30.3 Å². The van der Waals surface area contributed by atoms with Gasteiger partial charge in [0.15, 0.2) is 0 Å². The molecule has 0 saturated heterocycles. The van der Waals surface area contributed by atoms with E-state index in [0.717, 1.165) is 5.56 Å². The van der Waals surface area contributed by atoms with Crippen molar-refractivity contribution in [2.75, 3.05) is 32.4 Å². The summed E-state index contributed by atoms with van der Waals surface area (Å²) in [5.74, 6) is 1.36. The van der Waals surface area contributed by atoms with E-state index in [1.54, 1.807) is 46.8 Å². The molecule has 4 N–H and O–H groups in total. The number of ether oxygens (including phenoxy) is 3. The van der Waals surface area contributed by atoms with E-state index in [1.807, 2.05) is 18.2 Å². The highest BCUT2D eigenvalue weighted by Crippen LogP contribution is 2.31. The van der Waals surface area contributed by atoms with E-state index in [1.165, 1.54) is 6.92 Å². The number of thioether (sulfide) groups is 1. The van der Waals surface area contributed by atoms with Gasteiger partial charge in [0.2, 0.25) is 5.91 Å². The van der Waals surface area contributed by atoms with Gasteiger partial charge in [0.05, 0.1) is 20.1 Å². The highest BCUT2D eigenvalue weighted by Gasteiger charge is 2.23. The molecule has 0 heterocycles. The molecule has 198 valence electrons. The van der Waals surface area contributed by atoms with Crippen LogP contribution in [0, 0.1) is 0 Å². The average Bonchev–Trinajstić information content (AvgIpc) is 2.77. The molecule has 0 aliphatic heterocycles. The normalized spacial score (nSPS) is 12.9. The molecule has 11 heteroatoms. The smallest absolute Gasteiger partial charge is 0.408 e. The lowest BCUT2D eigenvalue weighted by Gasteiger charge is -2.23. The van der Waals surface area contributed by atoms with Crippen LogP contribution in [0.3, 0.4) is 0 Å². The number of hydrogen-bond acceptors (Lipinski definition) is 8. The Balaban J connectivity index is 2.68. The lowest BCUT2D eigenvalue weighted by Crippen LogP contribution is -2.43. The van der Waals surface area contributed by atoms with Crippen LogP contribution in [0.1, 0.15) is 58.6 Å². The summed E-state index contributed by atoms with van der Waals surface area (Å²) < 4.78 is 16.0. The van der Waals surface area contributed by atoms with Crippen molar-refractivity contribution in [2.24, 2.45) is 0 Å². The van der Waals surface area contributed by atoms with Gasteiger partial charge in [-0.15, -0.1) is 11.8 Å². The fourth-order valence-electron chi connectivity index (χ4n) is 3.15. The van der Waals surface area contributed by atoms with Gasteiger partial charge in [-0.1, -0.05) is 6.07 Å². The van der Waals surface area contributed by atoms with Gasteiger partial charge in [-0.05, 0) is 52.6 Å². The summed E-state index contributed by atoms with van der Waals surface area (Å²) in [6, 6.07) is 4.55. The van der Waals surface area contributed by atoms with Crippen LogP contribution >= 0.6 is 11.8 Å². The molecule has 1 aromatic rings. The predicted octanol–water partition coefficient (Wildman–Crippen LogP) is 3.31. The Labute approximate surface area is 211 Å². The minimum Gasteiger partial charge on any atom is -0.497 e. The van der Waals surface area contributed by atoms with Crippen molar-refractivity contribution in [3.63, 3.8) is 0 Å². The van der Waals surface area contributed by atoms with E-state index >= 15 is 0 Å². The fourth-order valence-corrected chi connectivity index (χ4v) is 4.11. The first-order valence-electron chi connectivity index (χ1n) is 11.5. The van der Waals surface area contributed by atoms with Gasteiger partial charge in [0.1, 0.15) is 23.1 Å². The maximum absolute atomic E-state index is 11.9. The minimum atomic E-state index is -1.10. The first kappa shape index (κ1) is 30.4. The van der Waals surface area contributed by atoms with Crippen LogP contribution in [-0.2, 0) is 14.3 Å². The van der Waals surface area contributed by atoms with Crippen molar-refractivity contribution >= 4 is 29.7 Å². The van der Waals surface area contributed by atoms with E-state index in [0.29, 0.717) is 42.5 Å². The van der Waals surface area contributed by atoms with Crippen molar-refractivity contribution < 1.29 is 33.7 Å². The molecule has 0 aromatic heterocycles. The van der Waals surface area contributed by atoms with Gasteiger partial charge < -0.3 is 35.3 Å². The average molecular weight is 514 g/mol. The quantitative estimate of drug-likeness (QED) is 0.206. The third-order valence-corrected chi connectivity index (χ3v) is 5.74. The summed E-state index contributed by atoms with van der Waals surface area (Å²) in [5.41, 5.74) is 0.255. The molecule has 0 bridgehead atoms. The Bertz CT molecular complexity index is 830. The van der Waals surface area contributed by atoms with Crippen LogP contribution in [-0.4, -0.2) is 67.1 Å². The number of alkyl carbamates (subject to hydrolysis) is 1. The largest absolute Gasteiger partial charge is 0.497 e. The number of carbonyl (C=O) groups excluding carboxylic acids is 2. The number of carboxylic acids is 1. The second kappa shape index (κ2) is 15.4. The van der Waals surface area contributed by atoms with Crippen LogP contribution in [0.2, 0.25) is 0 Å². The Hall–Kier alpha value is -2.66. The molecule has 10 nitrogen and oxygen atoms in total. The molecular formula is C24H39N3O7S. The van der Waals surface area contributed by atoms with Gasteiger partial charge in [-0.25, -0.2) is 9.59 Å². The van der Waals surface area contributed by atoms with Gasteiger partial charge >= 0.3 is 12.1 Å². The Morgan fingerprint density at radius 1 is 1.11 bits per heavy atom. The van der Waals surface area contributed by atoms with Crippen LogP contribution in [0.25, 0.3) is 0 Å². The standard InChI is InChI=1S/C24H39N3O7S/c1-16(28)26-15-35-14-20(18-11-10-17(32-5)13-21(18)33-6)25-12-8-7-9-19(22(29)30)27-23(31)34-24(2,3)4/h10-11,13,19-20,25H,7-9,12,14-15H2,1-6H3,(H,26,28)(H,27,31)(H,29,30)/t19-,20?/m0/s1. The summed E-state index contributed by atoms with van der Waals surface area (Å²) in [4.78, 5) is 34.6. The molecule has 2 amide bonds. The third kappa shape index (κ3) is 12.6. The first-order chi connectivity index (χ1) is 16.5. The molecule has 1 rings (SSSR count). The summed E-state index contributed by atoms with van der Waals surface area (Å²) in [5, 5.41) is 18.1. The van der Waals surface area contributed by atoms with Gasteiger partial charge in [0.25, 0.3) is 0 Å². The van der Waals surface area contributed by atoms with Crippen LogP contribution in [0.15, 0.2) is 18.2 Å². The molecule has 0 fully saturated rings. The number of methoxy groups -OCH3 is 2. The summed E-state index contributed by atoms with van der Waals surface area (Å²) in [6.45, 7) is 7.26. The highest BCUT2D eigenvalue weighted by molar-refractivity contribution is 7.99. The number of nitrogens with one attached hydrogen (secondary N) is 3. The van der Waals surface area contributed by atoms with Crippen LogP contribution in [0.4, 0.5) is 4.79 Å². The lowest BCUT2D eigenvalue weighted by atomic mass is 10.1. The van der Waals surface area contributed by atoms with Crippen LogP contribution in [0.5, 0.6) is 11.5 Å². The zero-order valence-corrected chi connectivity index (χ0v) is 22.3. The zero-order chi connectivity index (χ0) is 26.4. The number of carbonyl (C=O) groups is 3. The van der Waals surface area contributed by atoms with Crippen molar-refractivity contribution in [1.82, 2.24) is 16.0 Å². The number of hydrogen-bond donors (Lipinski definition) is 4. The molecule has 0 saturated carbocycles. The molecule has 1 aromatic carbocycles. The monoisotopic (exact) mass is 513 g/mol. The predicted molar refractivity (Wildman–Crippen MR) is 136 cm³/mol. The lowest BCUT2D eigenvalue weighted by molar-refractivity contribution is -0.139. The van der Waals surface area contributed by atoms with E-state index in [-0.39, 0.29) is 18.4 Å². The Morgan fingerprint density at radius 2 is 1.83 bits per heavy atom. The molecule has 0 radical (unpaired) electrons. The van der Waals surface area contributed by atoms with Crippen molar-refractivity contribution in [3.05, 3.63) is 23.8 Å².